The molecule has 4 rings (SSSR count). The minimum Gasteiger partial charge on any atom is -0.472 e. The number of aryl methyl sites for hydroxylation is 1. The van der Waals surface area contributed by atoms with Gasteiger partial charge in [-0.25, -0.2) is 4.98 Å². The number of hydrogen-bond acceptors (Lipinski definition) is 8. The third-order valence-electron chi connectivity index (χ3n) is 4.80. The molecule has 4 heterocycles. The van der Waals surface area contributed by atoms with Crippen LogP contribution in [-0.4, -0.2) is 53.8 Å². The molecule has 0 radical (unpaired) electrons. The normalized spacial score (nSPS) is 19.6. The van der Waals surface area contributed by atoms with E-state index in [1.807, 2.05) is 18.7 Å². The summed E-state index contributed by atoms with van der Waals surface area (Å²) in [4.78, 5) is 20.9. The number of nitrogens with zero attached hydrogens (tertiary/aromatic N) is 6. The number of hydrogen-bond donors (Lipinski definition) is 1. The molecular formula is C18H21N7O2S. The largest absolute Gasteiger partial charge is 0.472 e. The summed E-state index contributed by atoms with van der Waals surface area (Å²) < 4.78 is 10.3. The number of amides is 1. The molecule has 1 fully saturated rings. The Balaban J connectivity index is 1.56. The van der Waals surface area contributed by atoms with Gasteiger partial charge in [-0.1, -0.05) is 0 Å². The zero-order chi connectivity index (χ0) is 19.7. The Morgan fingerprint density at radius 2 is 2.07 bits per heavy atom. The quantitative estimate of drug-likeness (QED) is 0.715. The van der Waals surface area contributed by atoms with Gasteiger partial charge in [0, 0.05) is 24.0 Å². The summed E-state index contributed by atoms with van der Waals surface area (Å²) >= 11 is 1.22. The van der Waals surface area contributed by atoms with Gasteiger partial charge in [0.15, 0.2) is 5.00 Å². The fourth-order valence-corrected chi connectivity index (χ4v) is 4.13. The van der Waals surface area contributed by atoms with Gasteiger partial charge in [-0.2, -0.15) is 14.6 Å². The Morgan fingerprint density at radius 3 is 2.82 bits per heavy atom. The van der Waals surface area contributed by atoms with Crippen LogP contribution in [0.1, 0.15) is 35.8 Å². The van der Waals surface area contributed by atoms with E-state index in [1.54, 1.807) is 30.7 Å². The molecule has 1 aliphatic rings. The number of carbonyl (C=O) groups is 1. The number of ether oxygens (including phenoxy) is 1. The predicted molar refractivity (Wildman–Crippen MR) is 105 cm³/mol. The maximum absolute atomic E-state index is 13.4. The summed E-state index contributed by atoms with van der Waals surface area (Å²) in [6.45, 7) is 4.35. The number of piperidine rings is 1. The number of carbonyl (C=O) groups excluding carboxylic acids is 1. The van der Waals surface area contributed by atoms with Crippen molar-refractivity contribution in [1.29, 1.82) is 0 Å². The molecule has 0 bridgehead atoms. The average Bonchev–Trinajstić information content (AvgIpc) is 3.32. The van der Waals surface area contributed by atoms with Gasteiger partial charge in [0.1, 0.15) is 11.7 Å². The van der Waals surface area contributed by atoms with Crippen molar-refractivity contribution in [1.82, 2.24) is 29.3 Å². The summed E-state index contributed by atoms with van der Waals surface area (Å²) in [7, 11) is 0. The molecule has 0 aromatic carbocycles. The van der Waals surface area contributed by atoms with Crippen LogP contribution in [0.5, 0.6) is 5.88 Å². The van der Waals surface area contributed by atoms with Crippen molar-refractivity contribution in [2.75, 3.05) is 12.3 Å². The zero-order valence-corrected chi connectivity index (χ0v) is 16.5. The molecule has 0 aliphatic carbocycles. The first kappa shape index (κ1) is 18.4. The minimum absolute atomic E-state index is 0.0834. The summed E-state index contributed by atoms with van der Waals surface area (Å²) in [5, 5.41) is 8.92. The van der Waals surface area contributed by atoms with Crippen molar-refractivity contribution >= 4 is 23.1 Å². The first-order chi connectivity index (χ1) is 13.5. The lowest BCUT2D eigenvalue weighted by Gasteiger charge is -2.37. The topological polar surface area (TPSA) is 112 Å². The zero-order valence-electron chi connectivity index (χ0n) is 15.6. The Bertz CT molecular complexity index is 972. The predicted octanol–water partition coefficient (Wildman–Crippen LogP) is 2.08. The molecule has 0 unspecified atom stereocenters. The van der Waals surface area contributed by atoms with Gasteiger partial charge in [-0.05, 0) is 44.3 Å². The molecule has 146 valence electrons. The Hall–Kier alpha value is -3.01. The van der Waals surface area contributed by atoms with E-state index in [0.717, 1.165) is 12.8 Å². The molecule has 10 heteroatoms. The second-order valence-corrected chi connectivity index (χ2v) is 7.57. The van der Waals surface area contributed by atoms with E-state index < -0.39 is 0 Å². The Labute approximate surface area is 166 Å². The second kappa shape index (κ2) is 7.55. The number of aromatic nitrogens is 5. The number of nitrogens with two attached hydrogens (primary N) is 1. The van der Waals surface area contributed by atoms with Gasteiger partial charge >= 0.3 is 0 Å². The Kier molecular flexibility index (Phi) is 4.95. The van der Waals surface area contributed by atoms with Gasteiger partial charge in [0.2, 0.25) is 5.88 Å². The number of likely N-dealkylation sites (tertiary alicyclic amines) is 1. The van der Waals surface area contributed by atoms with Crippen LogP contribution in [0.3, 0.4) is 0 Å². The van der Waals surface area contributed by atoms with Crippen LogP contribution in [-0.2, 0) is 0 Å². The van der Waals surface area contributed by atoms with Crippen LogP contribution >= 0.6 is 11.5 Å². The average molecular weight is 399 g/mol. The first-order valence-electron chi connectivity index (χ1n) is 9.05. The van der Waals surface area contributed by atoms with Gasteiger partial charge in [0.25, 0.3) is 5.91 Å². The summed E-state index contributed by atoms with van der Waals surface area (Å²) in [5.74, 6) is 0.390. The van der Waals surface area contributed by atoms with Gasteiger partial charge < -0.3 is 15.4 Å². The first-order valence-corrected chi connectivity index (χ1v) is 9.82. The summed E-state index contributed by atoms with van der Waals surface area (Å²) in [6.07, 6.45) is 6.31. The maximum atomic E-state index is 13.4. The highest BCUT2D eigenvalue weighted by atomic mass is 32.1. The third kappa shape index (κ3) is 3.55. The molecule has 1 amide bonds. The molecule has 1 saturated heterocycles. The SMILES string of the molecule is Cc1nsc(-n2nccn2)c1C(=O)N1C[C@H](Oc2cc(N)ccn2)CC[C@H]1C. The molecule has 9 nitrogen and oxygen atoms in total. The van der Waals surface area contributed by atoms with E-state index in [2.05, 4.69) is 19.6 Å². The summed E-state index contributed by atoms with van der Waals surface area (Å²) in [6, 6.07) is 3.50. The fourth-order valence-electron chi connectivity index (χ4n) is 3.32. The van der Waals surface area contributed by atoms with E-state index in [4.69, 9.17) is 10.5 Å². The van der Waals surface area contributed by atoms with Crippen molar-refractivity contribution in [3.63, 3.8) is 0 Å². The van der Waals surface area contributed by atoms with Crippen molar-refractivity contribution in [2.24, 2.45) is 0 Å². The van der Waals surface area contributed by atoms with Gasteiger partial charge in [-0.15, -0.1) is 4.80 Å². The van der Waals surface area contributed by atoms with Crippen LogP contribution in [0, 0.1) is 6.92 Å². The third-order valence-corrected chi connectivity index (χ3v) is 5.71. The summed E-state index contributed by atoms with van der Waals surface area (Å²) in [5.41, 5.74) is 7.61. The highest BCUT2D eigenvalue weighted by molar-refractivity contribution is 7.09. The van der Waals surface area contributed by atoms with Crippen molar-refractivity contribution in [2.45, 2.75) is 38.8 Å². The van der Waals surface area contributed by atoms with E-state index in [-0.39, 0.29) is 18.1 Å². The molecule has 3 aromatic heterocycles. The van der Waals surface area contributed by atoms with E-state index in [9.17, 15) is 4.79 Å². The standard InChI is InChI=1S/C18H21N7O2S/c1-11-3-4-14(27-15-9-13(19)5-6-20-15)10-24(11)17(26)16-12(2)23-28-18(16)25-21-7-8-22-25/h5-9,11,14H,3-4,10H2,1-2H3,(H2,19,20)/t11-,14-/m1/s1. The number of nitrogen functional groups attached to an aromatic ring is 1. The van der Waals surface area contributed by atoms with Crippen LogP contribution < -0.4 is 10.5 Å². The molecule has 0 saturated carbocycles. The van der Waals surface area contributed by atoms with E-state index in [1.165, 1.54) is 16.3 Å². The molecule has 0 spiro atoms. The second-order valence-electron chi connectivity index (χ2n) is 6.82. The molecular weight excluding hydrogens is 378 g/mol. The van der Waals surface area contributed by atoms with E-state index in [0.29, 0.717) is 34.4 Å². The molecule has 2 N–H and O–H groups in total. The van der Waals surface area contributed by atoms with Crippen molar-refractivity contribution in [3.05, 3.63) is 42.0 Å². The maximum Gasteiger partial charge on any atom is 0.259 e. The van der Waals surface area contributed by atoms with Crippen LogP contribution in [0.15, 0.2) is 30.7 Å². The van der Waals surface area contributed by atoms with E-state index >= 15 is 0 Å². The molecule has 3 aromatic rings. The molecule has 1 aliphatic heterocycles. The lowest BCUT2D eigenvalue weighted by molar-refractivity contribution is 0.0372. The van der Waals surface area contributed by atoms with Crippen LogP contribution in [0.25, 0.3) is 5.00 Å². The highest BCUT2D eigenvalue weighted by Gasteiger charge is 2.34. The van der Waals surface area contributed by atoms with Crippen molar-refractivity contribution in [3.8, 4) is 10.9 Å². The van der Waals surface area contributed by atoms with Gasteiger partial charge in [-0.3, -0.25) is 4.79 Å². The van der Waals surface area contributed by atoms with Crippen molar-refractivity contribution < 1.29 is 9.53 Å². The molecule has 2 atom stereocenters. The number of anilines is 1. The fraction of sp³-hybridized carbons (Fsp3) is 0.389. The Morgan fingerprint density at radius 1 is 1.29 bits per heavy atom. The highest BCUT2D eigenvalue weighted by Crippen LogP contribution is 2.28. The van der Waals surface area contributed by atoms with Gasteiger partial charge in [0.05, 0.1) is 24.6 Å². The number of rotatable bonds is 4. The number of pyridine rings is 1. The monoisotopic (exact) mass is 399 g/mol. The minimum atomic E-state index is -0.146. The molecule has 28 heavy (non-hydrogen) atoms. The lowest BCUT2D eigenvalue weighted by atomic mass is 10.00. The van der Waals surface area contributed by atoms with Crippen LogP contribution in [0.4, 0.5) is 5.69 Å². The lowest BCUT2D eigenvalue weighted by Crippen LogP contribution is -2.49. The smallest absolute Gasteiger partial charge is 0.259 e. The van der Waals surface area contributed by atoms with Crippen LogP contribution in [0.2, 0.25) is 0 Å².